The number of hydrogen-bond donors (Lipinski definition) is 0. The average molecular weight is 332 g/mol. The van der Waals surface area contributed by atoms with E-state index in [-0.39, 0.29) is 5.75 Å². The maximum absolute atomic E-state index is 11.9. The zero-order chi connectivity index (χ0) is 10.7. The summed E-state index contributed by atoms with van der Waals surface area (Å²) in [5, 5.41) is 0. The quantitative estimate of drug-likeness (QED) is 0.838. The van der Waals surface area contributed by atoms with Crippen LogP contribution in [-0.4, -0.2) is 13.7 Å². The molecule has 0 saturated carbocycles. The molecule has 1 aromatic rings. The van der Waals surface area contributed by atoms with Crippen molar-refractivity contribution in [3.8, 4) is 11.5 Å². The zero-order valence-corrected chi connectivity index (χ0v) is 10.2. The molecule has 0 aromatic heterocycles. The SMILES string of the molecule is COc1cc(OC(F)F)c(Br)cc1Br. The number of hydrogen-bond acceptors (Lipinski definition) is 2. The molecule has 0 unspecified atom stereocenters. The lowest BCUT2D eigenvalue weighted by atomic mass is 10.3. The Morgan fingerprint density at radius 1 is 1.14 bits per heavy atom. The van der Waals surface area contributed by atoms with Gasteiger partial charge in [-0.1, -0.05) is 0 Å². The summed E-state index contributed by atoms with van der Waals surface area (Å²) in [6.07, 6.45) is 0. The molecule has 0 saturated heterocycles. The Hall–Kier alpha value is -0.360. The van der Waals surface area contributed by atoms with Crippen molar-refractivity contribution in [2.75, 3.05) is 7.11 Å². The van der Waals surface area contributed by atoms with Gasteiger partial charge in [0.25, 0.3) is 0 Å². The van der Waals surface area contributed by atoms with E-state index in [1.165, 1.54) is 13.2 Å². The Balaban J connectivity index is 3.04. The molecule has 1 rings (SSSR count). The highest BCUT2D eigenvalue weighted by molar-refractivity contribution is 9.11. The summed E-state index contributed by atoms with van der Waals surface area (Å²) in [7, 11) is 1.44. The molecule has 0 spiro atoms. The van der Waals surface area contributed by atoms with Gasteiger partial charge in [0.1, 0.15) is 11.5 Å². The molecule has 1 aromatic carbocycles. The molecular formula is C8H6Br2F2O2. The number of rotatable bonds is 3. The van der Waals surface area contributed by atoms with Crippen molar-refractivity contribution in [1.29, 1.82) is 0 Å². The average Bonchev–Trinajstić information content (AvgIpc) is 2.09. The summed E-state index contributed by atoms with van der Waals surface area (Å²) in [6.45, 7) is -2.85. The predicted octanol–water partition coefficient (Wildman–Crippen LogP) is 3.82. The fraction of sp³-hybridized carbons (Fsp3) is 0.250. The van der Waals surface area contributed by atoms with Crippen LogP contribution in [0.3, 0.4) is 0 Å². The highest BCUT2D eigenvalue weighted by Gasteiger charge is 2.11. The zero-order valence-electron chi connectivity index (χ0n) is 7.06. The number of ether oxygens (including phenoxy) is 2. The van der Waals surface area contributed by atoms with E-state index in [2.05, 4.69) is 36.6 Å². The predicted molar refractivity (Wildman–Crippen MR) is 55.0 cm³/mol. The summed E-state index contributed by atoms with van der Waals surface area (Å²) < 4.78 is 34.2. The molecule has 0 heterocycles. The number of alkyl halides is 2. The molecule has 0 aliphatic rings. The van der Waals surface area contributed by atoms with Crippen LogP contribution >= 0.6 is 31.9 Å². The highest BCUT2D eigenvalue weighted by atomic mass is 79.9. The summed E-state index contributed by atoms with van der Waals surface area (Å²) in [5.74, 6) is 0.476. The standard InChI is InChI=1S/C8H6Br2F2O2/c1-13-6-3-7(14-8(11)12)5(10)2-4(6)9/h2-3,8H,1H3. The van der Waals surface area contributed by atoms with Gasteiger partial charge in [0.2, 0.25) is 0 Å². The fourth-order valence-corrected chi connectivity index (χ4v) is 2.10. The van der Waals surface area contributed by atoms with Gasteiger partial charge in [0, 0.05) is 6.07 Å². The smallest absolute Gasteiger partial charge is 0.387 e. The van der Waals surface area contributed by atoms with Gasteiger partial charge in [-0.15, -0.1) is 0 Å². The molecule has 0 radical (unpaired) electrons. The maximum Gasteiger partial charge on any atom is 0.387 e. The topological polar surface area (TPSA) is 18.5 Å². The second kappa shape index (κ2) is 4.93. The molecule has 0 aliphatic heterocycles. The van der Waals surface area contributed by atoms with Crippen molar-refractivity contribution < 1.29 is 18.3 Å². The second-order valence-corrected chi connectivity index (χ2v) is 4.00. The van der Waals surface area contributed by atoms with Crippen molar-refractivity contribution in [1.82, 2.24) is 0 Å². The van der Waals surface area contributed by atoms with Crippen LogP contribution in [0.25, 0.3) is 0 Å². The monoisotopic (exact) mass is 330 g/mol. The molecule has 0 N–H and O–H groups in total. The van der Waals surface area contributed by atoms with Crippen LogP contribution in [0.5, 0.6) is 11.5 Å². The van der Waals surface area contributed by atoms with E-state index >= 15 is 0 Å². The lowest BCUT2D eigenvalue weighted by molar-refractivity contribution is -0.0504. The number of benzene rings is 1. The van der Waals surface area contributed by atoms with Gasteiger partial charge in [-0.05, 0) is 37.9 Å². The lowest BCUT2D eigenvalue weighted by Crippen LogP contribution is -2.02. The van der Waals surface area contributed by atoms with E-state index in [9.17, 15) is 8.78 Å². The molecule has 78 valence electrons. The normalized spacial score (nSPS) is 10.4. The van der Waals surface area contributed by atoms with E-state index in [1.54, 1.807) is 6.07 Å². The van der Waals surface area contributed by atoms with Crippen molar-refractivity contribution in [3.05, 3.63) is 21.1 Å². The molecular weight excluding hydrogens is 326 g/mol. The van der Waals surface area contributed by atoms with Crippen LogP contribution < -0.4 is 9.47 Å². The summed E-state index contributed by atoms with van der Waals surface area (Å²) in [4.78, 5) is 0. The molecule has 0 aliphatic carbocycles. The first-order chi connectivity index (χ1) is 6.54. The molecule has 14 heavy (non-hydrogen) atoms. The Bertz CT molecular complexity index is 331. The summed E-state index contributed by atoms with van der Waals surface area (Å²) >= 11 is 6.30. The summed E-state index contributed by atoms with van der Waals surface area (Å²) in [5.41, 5.74) is 0. The van der Waals surface area contributed by atoms with E-state index in [0.717, 1.165) is 0 Å². The maximum atomic E-state index is 11.9. The van der Waals surface area contributed by atoms with Crippen LogP contribution in [-0.2, 0) is 0 Å². The van der Waals surface area contributed by atoms with Gasteiger partial charge in [0.05, 0.1) is 16.1 Å². The van der Waals surface area contributed by atoms with E-state index in [0.29, 0.717) is 14.7 Å². The fourth-order valence-electron chi connectivity index (χ4n) is 0.853. The van der Waals surface area contributed by atoms with Gasteiger partial charge in [-0.2, -0.15) is 8.78 Å². The Kier molecular flexibility index (Phi) is 4.12. The van der Waals surface area contributed by atoms with Crippen molar-refractivity contribution >= 4 is 31.9 Å². The molecule has 0 fully saturated rings. The van der Waals surface area contributed by atoms with Crippen molar-refractivity contribution in [2.45, 2.75) is 6.61 Å². The molecule has 0 atom stereocenters. The first kappa shape index (κ1) is 11.7. The van der Waals surface area contributed by atoms with Gasteiger partial charge in [0.15, 0.2) is 0 Å². The van der Waals surface area contributed by atoms with Crippen molar-refractivity contribution in [3.63, 3.8) is 0 Å². The van der Waals surface area contributed by atoms with Crippen LogP contribution in [0, 0.1) is 0 Å². The van der Waals surface area contributed by atoms with E-state index in [4.69, 9.17) is 4.74 Å². The van der Waals surface area contributed by atoms with Gasteiger partial charge < -0.3 is 9.47 Å². The molecule has 2 nitrogen and oxygen atoms in total. The third-order valence-electron chi connectivity index (χ3n) is 1.42. The Morgan fingerprint density at radius 3 is 2.21 bits per heavy atom. The minimum absolute atomic E-state index is 0.0417. The number of methoxy groups -OCH3 is 1. The van der Waals surface area contributed by atoms with Gasteiger partial charge in [-0.25, -0.2) is 0 Å². The Morgan fingerprint density at radius 2 is 1.71 bits per heavy atom. The molecule has 0 amide bonds. The van der Waals surface area contributed by atoms with Gasteiger partial charge >= 0.3 is 6.61 Å². The third-order valence-corrected chi connectivity index (χ3v) is 2.66. The first-order valence-corrected chi connectivity index (χ1v) is 5.11. The largest absolute Gasteiger partial charge is 0.495 e. The van der Waals surface area contributed by atoms with Crippen LogP contribution in [0.15, 0.2) is 21.1 Å². The first-order valence-electron chi connectivity index (χ1n) is 3.52. The van der Waals surface area contributed by atoms with Crippen LogP contribution in [0.4, 0.5) is 8.78 Å². The summed E-state index contributed by atoms with van der Waals surface area (Å²) in [6, 6.07) is 2.96. The minimum Gasteiger partial charge on any atom is -0.495 e. The molecule has 0 bridgehead atoms. The lowest BCUT2D eigenvalue weighted by Gasteiger charge is -2.10. The van der Waals surface area contributed by atoms with Gasteiger partial charge in [-0.3, -0.25) is 0 Å². The van der Waals surface area contributed by atoms with Crippen LogP contribution in [0.2, 0.25) is 0 Å². The van der Waals surface area contributed by atoms with Crippen LogP contribution in [0.1, 0.15) is 0 Å². The second-order valence-electron chi connectivity index (χ2n) is 2.30. The van der Waals surface area contributed by atoms with E-state index in [1.807, 2.05) is 0 Å². The van der Waals surface area contributed by atoms with E-state index < -0.39 is 6.61 Å². The molecule has 6 heteroatoms. The third kappa shape index (κ3) is 2.81. The minimum atomic E-state index is -2.85. The number of halogens is 4. The Labute approximate surface area is 96.5 Å². The highest BCUT2D eigenvalue weighted by Crippen LogP contribution is 2.36. The van der Waals surface area contributed by atoms with Crippen molar-refractivity contribution in [2.24, 2.45) is 0 Å².